The third-order valence-electron chi connectivity index (χ3n) is 4.27. The van der Waals surface area contributed by atoms with E-state index in [4.69, 9.17) is 11.6 Å². The van der Waals surface area contributed by atoms with Gasteiger partial charge in [-0.2, -0.15) is 0 Å². The molecule has 1 saturated carbocycles. The van der Waals surface area contributed by atoms with Crippen LogP contribution < -0.4 is 10.3 Å². The maximum Gasteiger partial charge on any atom is 0.263 e. The van der Waals surface area contributed by atoms with Gasteiger partial charge in [0.25, 0.3) is 5.56 Å². The van der Waals surface area contributed by atoms with Crippen LogP contribution in [0.2, 0.25) is 24.9 Å². The van der Waals surface area contributed by atoms with Gasteiger partial charge in [-0.3, -0.25) is 9.36 Å². The first-order valence-electron chi connectivity index (χ1n) is 8.64. The molecule has 0 bridgehead atoms. The van der Waals surface area contributed by atoms with Crippen LogP contribution in [0.5, 0.6) is 0 Å². The van der Waals surface area contributed by atoms with Gasteiger partial charge in [-0.25, -0.2) is 18.1 Å². The van der Waals surface area contributed by atoms with Crippen molar-refractivity contribution < 1.29 is 8.42 Å². The maximum absolute atomic E-state index is 12.8. The summed E-state index contributed by atoms with van der Waals surface area (Å²) in [6, 6.07) is 4.30. The summed E-state index contributed by atoms with van der Waals surface area (Å²) < 4.78 is 29.1. The average Bonchev–Trinajstić information content (AvgIpc) is 3.25. The Kier molecular flexibility index (Phi) is 5.01. The van der Waals surface area contributed by atoms with Crippen molar-refractivity contribution in [2.24, 2.45) is 0 Å². The highest BCUT2D eigenvalue weighted by atomic mass is 35.5. The number of aromatic nitrogens is 2. The smallest absolute Gasteiger partial charge is 0.263 e. The first-order valence-corrected chi connectivity index (χ1v) is 14.0. The lowest BCUT2D eigenvalue weighted by atomic mass is 10.2. The molecule has 0 unspecified atom stereocenters. The summed E-state index contributed by atoms with van der Waals surface area (Å²) in [5.74, 6) is 2.99. The van der Waals surface area contributed by atoms with Gasteiger partial charge in [-0.1, -0.05) is 25.6 Å². The van der Waals surface area contributed by atoms with E-state index in [1.165, 1.54) is 22.8 Å². The second-order valence-corrected chi connectivity index (χ2v) is 14.9. The van der Waals surface area contributed by atoms with Crippen molar-refractivity contribution in [3.63, 3.8) is 0 Å². The minimum absolute atomic E-state index is 0.0385. The zero-order valence-corrected chi connectivity index (χ0v) is 18.3. The van der Waals surface area contributed by atoms with Crippen LogP contribution in [0.3, 0.4) is 0 Å². The zero-order chi connectivity index (χ0) is 20.0. The summed E-state index contributed by atoms with van der Waals surface area (Å²) in [6.45, 7) is 8.30. The highest BCUT2D eigenvalue weighted by Crippen LogP contribution is 2.36. The Labute approximate surface area is 165 Å². The molecule has 6 nitrogen and oxygen atoms in total. The maximum atomic E-state index is 12.8. The van der Waals surface area contributed by atoms with Crippen molar-refractivity contribution in [3.05, 3.63) is 33.8 Å². The fourth-order valence-corrected chi connectivity index (χ4v) is 4.86. The Hall–Kier alpha value is -1.66. The molecule has 27 heavy (non-hydrogen) atoms. The number of halogens is 1. The summed E-state index contributed by atoms with van der Waals surface area (Å²) in [4.78, 5) is 17.1. The van der Waals surface area contributed by atoms with Crippen molar-refractivity contribution in [2.75, 3.05) is 0 Å². The molecule has 1 heterocycles. The molecule has 0 saturated heterocycles. The molecule has 1 fully saturated rings. The molecule has 3 rings (SSSR count). The molecule has 0 atom stereocenters. The van der Waals surface area contributed by atoms with Gasteiger partial charge in [-0.05, 0) is 49.6 Å². The summed E-state index contributed by atoms with van der Waals surface area (Å²) >= 11 is 6.15. The molecule has 1 aromatic carbocycles. The van der Waals surface area contributed by atoms with Crippen molar-refractivity contribution in [3.8, 4) is 11.5 Å². The molecule has 2 aromatic rings. The van der Waals surface area contributed by atoms with E-state index in [1.807, 2.05) is 6.92 Å². The van der Waals surface area contributed by atoms with E-state index in [0.29, 0.717) is 5.52 Å². The molecule has 0 radical (unpaired) electrons. The van der Waals surface area contributed by atoms with Gasteiger partial charge >= 0.3 is 0 Å². The molecular weight excluding hydrogens is 402 g/mol. The van der Waals surface area contributed by atoms with Crippen molar-refractivity contribution in [2.45, 2.75) is 56.4 Å². The quantitative estimate of drug-likeness (QED) is 0.465. The van der Waals surface area contributed by atoms with E-state index in [0.717, 1.165) is 12.8 Å². The van der Waals surface area contributed by atoms with Crippen LogP contribution in [-0.4, -0.2) is 31.6 Å². The van der Waals surface area contributed by atoms with Gasteiger partial charge in [0.05, 0.1) is 22.3 Å². The normalized spacial score (nSPS) is 16.0. The lowest BCUT2D eigenvalue weighted by Crippen LogP contribution is -2.34. The Balaban J connectivity index is 2.05. The fraction of sp³-hybridized carbons (Fsp3) is 0.444. The first kappa shape index (κ1) is 20.1. The average molecular weight is 424 g/mol. The molecule has 1 N–H and O–H groups in total. The fourth-order valence-electron chi connectivity index (χ4n) is 2.53. The van der Waals surface area contributed by atoms with E-state index in [2.05, 4.69) is 40.8 Å². The highest BCUT2D eigenvalue weighted by molar-refractivity contribution is 7.89. The molecule has 1 aliphatic carbocycles. The molecular formula is C18H22ClN3O3SSi. The Morgan fingerprint density at radius 1 is 1.33 bits per heavy atom. The number of sulfonamides is 1. The molecule has 1 aromatic heterocycles. The number of nitrogens with one attached hydrogen (secondary N) is 1. The minimum atomic E-state index is -3.70. The molecule has 9 heteroatoms. The predicted molar refractivity (Wildman–Crippen MR) is 110 cm³/mol. The van der Waals surface area contributed by atoms with Crippen LogP contribution in [0.15, 0.2) is 27.9 Å². The lowest BCUT2D eigenvalue weighted by Gasteiger charge is -2.13. The molecule has 1 aliphatic rings. The van der Waals surface area contributed by atoms with Gasteiger partial charge in [-0.15, -0.1) is 5.54 Å². The Morgan fingerprint density at radius 3 is 2.59 bits per heavy atom. The Morgan fingerprint density at radius 2 is 2.00 bits per heavy atom. The summed E-state index contributed by atoms with van der Waals surface area (Å²) in [5.41, 5.74) is 2.75. The van der Waals surface area contributed by atoms with Gasteiger partial charge in [0.15, 0.2) is 0 Å². The number of nitrogens with zero attached hydrogens (tertiary/aromatic N) is 2. The van der Waals surface area contributed by atoms with E-state index in [9.17, 15) is 13.2 Å². The third-order valence-corrected chi connectivity index (χ3v) is 7.12. The van der Waals surface area contributed by atoms with Crippen molar-refractivity contribution >= 4 is 40.6 Å². The molecule has 0 amide bonds. The number of benzene rings is 1. The van der Waals surface area contributed by atoms with Crippen LogP contribution in [0, 0.1) is 11.5 Å². The minimum Gasteiger partial charge on any atom is -0.271 e. The Bertz CT molecular complexity index is 1140. The van der Waals surface area contributed by atoms with Crippen LogP contribution >= 0.6 is 11.6 Å². The highest BCUT2D eigenvalue weighted by Gasteiger charge is 2.41. The van der Waals surface area contributed by atoms with E-state index in [-0.39, 0.29) is 22.1 Å². The van der Waals surface area contributed by atoms with E-state index >= 15 is 0 Å². The van der Waals surface area contributed by atoms with Crippen LogP contribution in [0.1, 0.15) is 19.8 Å². The SMILES string of the molecule is CC1(NS(=O)(=O)c2ccc3nc(Cl)n(CC#C[Si](C)(C)C)c(=O)c3c2)CC1. The lowest BCUT2D eigenvalue weighted by molar-refractivity contribution is 0.558. The topological polar surface area (TPSA) is 81.1 Å². The second kappa shape index (κ2) is 6.74. The number of fused-ring (bicyclic) bond motifs is 1. The molecule has 0 spiro atoms. The first-order chi connectivity index (χ1) is 12.4. The molecule has 0 aliphatic heterocycles. The van der Waals surface area contributed by atoms with Crippen molar-refractivity contribution in [1.82, 2.24) is 14.3 Å². The van der Waals surface area contributed by atoms with Crippen LogP contribution in [0.4, 0.5) is 0 Å². The summed E-state index contributed by atoms with van der Waals surface area (Å²) in [5, 5.41) is 0.245. The van der Waals surface area contributed by atoms with E-state index < -0.39 is 29.2 Å². The van der Waals surface area contributed by atoms with Crippen LogP contribution in [-0.2, 0) is 16.6 Å². The number of hydrogen-bond donors (Lipinski definition) is 1. The summed E-state index contributed by atoms with van der Waals surface area (Å²) in [6.07, 6.45) is 1.61. The van der Waals surface area contributed by atoms with Gasteiger partial charge in [0, 0.05) is 5.54 Å². The third kappa shape index (κ3) is 4.61. The largest absolute Gasteiger partial charge is 0.271 e. The van der Waals surface area contributed by atoms with E-state index in [1.54, 1.807) is 0 Å². The van der Waals surface area contributed by atoms with Gasteiger partial charge in [0.2, 0.25) is 15.3 Å². The van der Waals surface area contributed by atoms with Gasteiger partial charge < -0.3 is 0 Å². The van der Waals surface area contributed by atoms with Crippen LogP contribution in [0.25, 0.3) is 10.9 Å². The zero-order valence-electron chi connectivity index (χ0n) is 15.8. The predicted octanol–water partition coefficient (Wildman–Crippen LogP) is 2.76. The number of hydrogen-bond acceptors (Lipinski definition) is 4. The number of rotatable bonds is 4. The standard InChI is InChI=1S/C18H22ClN3O3SSi/c1-18(8-9-18)21-26(24,25)13-6-7-15-14(12-13)16(23)22(17(19)20-15)10-5-11-27(2,3)4/h6-7,12,21H,8-10H2,1-4H3. The van der Waals surface area contributed by atoms with Gasteiger partial charge in [0.1, 0.15) is 8.07 Å². The van der Waals surface area contributed by atoms with Crippen molar-refractivity contribution in [1.29, 1.82) is 0 Å². The summed E-state index contributed by atoms with van der Waals surface area (Å²) in [7, 11) is -5.28. The second-order valence-electron chi connectivity index (χ2n) is 8.17. The monoisotopic (exact) mass is 423 g/mol. The molecule has 144 valence electrons.